The minimum absolute atomic E-state index is 0. The van der Waals surface area contributed by atoms with Crippen molar-refractivity contribution in [3.63, 3.8) is 0 Å². The van der Waals surface area contributed by atoms with E-state index in [4.69, 9.17) is 4.98 Å². The van der Waals surface area contributed by atoms with Gasteiger partial charge in [-0.3, -0.25) is 4.57 Å². The van der Waals surface area contributed by atoms with E-state index in [9.17, 15) is 9.50 Å². The number of fused-ring (bicyclic) bond motifs is 4. The molecule has 0 aliphatic carbocycles. The van der Waals surface area contributed by atoms with E-state index in [1.165, 1.54) is 22.8 Å². The zero-order valence-corrected chi connectivity index (χ0v) is 29.4. The Labute approximate surface area is 292 Å². The molecule has 0 aliphatic heterocycles. The number of halogens is 1. The Balaban J connectivity index is 0.000000164. The zero-order chi connectivity index (χ0) is 32.7. The molecule has 2 heterocycles. The van der Waals surface area contributed by atoms with Crippen molar-refractivity contribution < 1.29 is 29.6 Å². The van der Waals surface area contributed by atoms with E-state index < -0.39 is 0 Å². The number of nitrogens with zero attached hydrogens (tertiary/aromatic N) is 3. The third-order valence-corrected chi connectivity index (χ3v) is 8.50. The van der Waals surface area contributed by atoms with E-state index >= 15 is 0 Å². The predicted molar refractivity (Wildman–Crippen MR) is 191 cm³/mol. The van der Waals surface area contributed by atoms with Gasteiger partial charge in [-0.25, -0.2) is 9.37 Å². The fourth-order valence-electron chi connectivity index (χ4n) is 6.46. The SMILES string of the molecule is Cc1[c-]c(-c2nccc3c2ccc2cc(F)ccc23)cc(C)c1.Cc1cccc(C)c1-n1c(-c2ccccc2O)nc2ccccc21.[Ir]. The first kappa shape index (κ1) is 32.8. The van der Waals surface area contributed by atoms with Crippen LogP contribution in [0.5, 0.6) is 5.75 Å². The number of phenolic OH excluding ortho intramolecular Hbond substituents is 1. The predicted octanol–water partition coefficient (Wildman–Crippen LogP) is 10.6. The van der Waals surface area contributed by atoms with E-state index in [1.54, 1.807) is 12.1 Å². The van der Waals surface area contributed by atoms with Crippen LogP contribution >= 0.6 is 0 Å². The summed E-state index contributed by atoms with van der Waals surface area (Å²) in [6, 6.07) is 40.1. The molecule has 0 saturated heterocycles. The second-order valence-electron chi connectivity index (χ2n) is 12.0. The maximum atomic E-state index is 13.5. The second kappa shape index (κ2) is 13.5. The van der Waals surface area contributed by atoms with Gasteiger partial charge in [0.1, 0.15) is 17.4 Å². The van der Waals surface area contributed by atoms with Gasteiger partial charge in [-0.15, -0.1) is 34.9 Å². The number of para-hydroxylation sites is 4. The number of imidazole rings is 1. The first-order chi connectivity index (χ1) is 22.8. The largest absolute Gasteiger partial charge is 0.507 e. The van der Waals surface area contributed by atoms with Gasteiger partial charge in [0.2, 0.25) is 0 Å². The molecule has 0 bridgehead atoms. The van der Waals surface area contributed by atoms with Crippen LogP contribution < -0.4 is 0 Å². The Bertz CT molecular complexity index is 2410. The molecule has 4 nitrogen and oxygen atoms in total. The number of aromatic hydroxyl groups is 1. The van der Waals surface area contributed by atoms with Crippen LogP contribution in [0.15, 0.2) is 121 Å². The molecule has 0 aliphatic rings. The molecular formula is C42H33FIrN3O-. The van der Waals surface area contributed by atoms with Crippen LogP contribution in [0.2, 0.25) is 0 Å². The van der Waals surface area contributed by atoms with E-state index in [0.29, 0.717) is 0 Å². The number of hydrogen-bond donors (Lipinski definition) is 1. The number of aromatic nitrogens is 3. The Morgan fingerprint density at radius 3 is 2.21 bits per heavy atom. The van der Waals surface area contributed by atoms with Crippen molar-refractivity contribution in [2.45, 2.75) is 27.7 Å². The smallest absolute Gasteiger partial charge is 0.149 e. The third kappa shape index (κ3) is 6.13. The van der Waals surface area contributed by atoms with Gasteiger partial charge in [0, 0.05) is 26.3 Å². The summed E-state index contributed by atoms with van der Waals surface area (Å²) in [6.07, 6.45) is 1.81. The van der Waals surface area contributed by atoms with Crippen LogP contribution in [0.3, 0.4) is 0 Å². The van der Waals surface area contributed by atoms with Gasteiger partial charge in [-0.1, -0.05) is 74.5 Å². The average molecular weight is 807 g/mol. The summed E-state index contributed by atoms with van der Waals surface area (Å²) >= 11 is 0. The van der Waals surface area contributed by atoms with Crippen LogP contribution in [0.4, 0.5) is 4.39 Å². The summed E-state index contributed by atoms with van der Waals surface area (Å²) in [4.78, 5) is 9.38. The number of hydrogen-bond acceptors (Lipinski definition) is 3. The number of pyridine rings is 1. The van der Waals surface area contributed by atoms with Gasteiger partial charge in [0.25, 0.3) is 0 Å². The quantitative estimate of drug-likeness (QED) is 0.143. The summed E-state index contributed by atoms with van der Waals surface area (Å²) < 4.78 is 15.6. The molecule has 6 aromatic carbocycles. The monoisotopic (exact) mass is 807 g/mol. The fourth-order valence-corrected chi connectivity index (χ4v) is 6.46. The molecular weight excluding hydrogens is 774 g/mol. The van der Waals surface area contributed by atoms with Gasteiger partial charge < -0.3 is 10.1 Å². The van der Waals surface area contributed by atoms with Crippen LogP contribution in [0, 0.1) is 39.6 Å². The molecule has 2 aromatic heterocycles. The van der Waals surface area contributed by atoms with Crippen LogP contribution in [-0.4, -0.2) is 19.6 Å². The minimum atomic E-state index is -0.214. The van der Waals surface area contributed by atoms with E-state index in [2.05, 4.69) is 72.8 Å². The molecule has 1 N–H and O–H groups in total. The van der Waals surface area contributed by atoms with E-state index in [1.807, 2.05) is 73.8 Å². The Morgan fingerprint density at radius 2 is 1.44 bits per heavy atom. The molecule has 0 unspecified atom stereocenters. The van der Waals surface area contributed by atoms with Gasteiger partial charge in [-0.05, 0) is 94.7 Å². The van der Waals surface area contributed by atoms with E-state index in [-0.39, 0.29) is 31.7 Å². The number of rotatable bonds is 3. The molecule has 0 saturated carbocycles. The first-order valence-corrected chi connectivity index (χ1v) is 15.6. The molecule has 239 valence electrons. The molecule has 0 fully saturated rings. The molecule has 6 heteroatoms. The van der Waals surface area contributed by atoms with Crippen molar-refractivity contribution in [2.75, 3.05) is 0 Å². The summed E-state index contributed by atoms with van der Waals surface area (Å²) in [7, 11) is 0. The summed E-state index contributed by atoms with van der Waals surface area (Å²) in [5, 5.41) is 14.4. The normalized spacial score (nSPS) is 10.9. The Kier molecular flexibility index (Phi) is 9.23. The van der Waals surface area contributed by atoms with Gasteiger partial charge in [0.15, 0.2) is 0 Å². The van der Waals surface area contributed by atoms with Gasteiger partial charge in [-0.2, -0.15) is 0 Å². The van der Waals surface area contributed by atoms with Crippen molar-refractivity contribution >= 4 is 32.6 Å². The molecule has 8 rings (SSSR count). The average Bonchev–Trinajstić information content (AvgIpc) is 3.43. The number of aryl methyl sites for hydroxylation is 4. The van der Waals surface area contributed by atoms with Crippen molar-refractivity contribution in [3.05, 3.63) is 156 Å². The van der Waals surface area contributed by atoms with Crippen LogP contribution in [0.25, 0.3) is 60.9 Å². The van der Waals surface area contributed by atoms with Crippen molar-refractivity contribution in [1.29, 1.82) is 0 Å². The summed E-state index contributed by atoms with van der Waals surface area (Å²) in [5.41, 5.74) is 10.4. The van der Waals surface area contributed by atoms with Crippen LogP contribution in [0.1, 0.15) is 22.3 Å². The minimum Gasteiger partial charge on any atom is -0.507 e. The molecule has 0 amide bonds. The molecule has 0 atom stereocenters. The maximum Gasteiger partial charge on any atom is 0.149 e. The number of benzene rings is 6. The van der Waals surface area contributed by atoms with Crippen molar-refractivity contribution in [2.24, 2.45) is 0 Å². The second-order valence-corrected chi connectivity index (χ2v) is 12.0. The van der Waals surface area contributed by atoms with Crippen LogP contribution in [-0.2, 0) is 20.1 Å². The van der Waals surface area contributed by atoms with Crippen molar-refractivity contribution in [1.82, 2.24) is 14.5 Å². The van der Waals surface area contributed by atoms with Gasteiger partial charge in [0.05, 0.1) is 22.3 Å². The Morgan fingerprint density at radius 1 is 0.708 bits per heavy atom. The van der Waals surface area contributed by atoms with E-state index in [0.717, 1.165) is 66.5 Å². The molecule has 1 radical (unpaired) electrons. The first-order valence-electron chi connectivity index (χ1n) is 15.6. The van der Waals surface area contributed by atoms with Gasteiger partial charge >= 0.3 is 0 Å². The van der Waals surface area contributed by atoms with Crippen molar-refractivity contribution in [3.8, 4) is 34.1 Å². The zero-order valence-electron chi connectivity index (χ0n) is 27.0. The molecule has 0 spiro atoms. The Hall–Kier alpha value is -5.16. The topological polar surface area (TPSA) is 50.9 Å². The molecule has 8 aromatic rings. The summed E-state index contributed by atoms with van der Waals surface area (Å²) in [6.45, 7) is 8.32. The standard InChI is InChI=1S/C21H15FN.C21H18N2O.Ir/c1-13-9-14(2)11-16(10-13)21-20-5-3-15-12-17(22)4-6-18(15)19(20)7-8-23-21;1-14-8-7-9-15(2)20(14)23-18-12-5-4-11-17(18)22-21(23)16-10-3-6-13-19(16)24;/h3-10,12H,1-2H3;3-13,24H,1-2H3;/q-1;;. The molecule has 48 heavy (non-hydrogen) atoms. The number of phenols is 1. The summed E-state index contributed by atoms with van der Waals surface area (Å²) in [5.74, 6) is 0.778. The third-order valence-electron chi connectivity index (χ3n) is 8.50. The fraction of sp³-hybridized carbons (Fsp3) is 0.0952. The maximum absolute atomic E-state index is 13.5.